The van der Waals surface area contributed by atoms with Crippen molar-refractivity contribution in [2.75, 3.05) is 0 Å². The third kappa shape index (κ3) is 5.78. The van der Waals surface area contributed by atoms with Gasteiger partial charge < -0.3 is 0 Å². The van der Waals surface area contributed by atoms with Crippen LogP contribution in [0.15, 0.2) is 49.3 Å². The smallest absolute Gasteiger partial charge is 0.0829 e. The fourth-order valence-electron chi connectivity index (χ4n) is 2.97. The van der Waals surface area contributed by atoms with Crippen LogP contribution >= 0.6 is 0 Å². The average Bonchev–Trinajstić information content (AvgIpc) is 2.56. The summed E-state index contributed by atoms with van der Waals surface area (Å²) < 4.78 is 28.2. The van der Waals surface area contributed by atoms with Crippen LogP contribution < -0.4 is 0 Å². The summed E-state index contributed by atoms with van der Waals surface area (Å²) in [6.45, 7) is 3.76. The van der Waals surface area contributed by atoms with Gasteiger partial charge in [0.1, 0.15) is 0 Å². The molecule has 1 aromatic rings. The standard InChI is InChI=1S/C18H23F.F2/c1-2-3-4-15-5-9-17(10-6-15)18-11-7-16(8-12-18)13-14-19;1-2/h2,5-6,9-10,13-14,16,18H,1,3-4,7-8,11-12H2;. The second-order valence-electron chi connectivity index (χ2n) is 5.50. The Morgan fingerprint density at radius 1 is 1.05 bits per heavy atom. The Morgan fingerprint density at radius 2 is 1.67 bits per heavy atom. The maximum absolute atomic E-state index is 12.2. The van der Waals surface area contributed by atoms with Crippen LogP contribution in [-0.4, -0.2) is 0 Å². The molecule has 1 saturated carbocycles. The molecular formula is C18H23F3. The molecular weight excluding hydrogens is 273 g/mol. The molecule has 1 aliphatic carbocycles. The molecule has 0 atom stereocenters. The predicted octanol–water partition coefficient (Wildman–Crippen LogP) is 6.40. The lowest BCUT2D eigenvalue weighted by Gasteiger charge is -2.27. The molecule has 0 saturated heterocycles. The Balaban J connectivity index is 0.00000106. The van der Waals surface area contributed by atoms with Crippen molar-refractivity contribution in [3.63, 3.8) is 0 Å². The highest BCUT2D eigenvalue weighted by Gasteiger charge is 2.20. The fraction of sp³-hybridized carbons (Fsp3) is 0.444. The normalized spacial score (nSPS) is 21.7. The van der Waals surface area contributed by atoms with Crippen molar-refractivity contribution < 1.29 is 13.5 Å². The van der Waals surface area contributed by atoms with Crippen LogP contribution in [0, 0.1) is 5.92 Å². The van der Waals surface area contributed by atoms with Gasteiger partial charge in [-0.25, -0.2) is 4.39 Å². The van der Waals surface area contributed by atoms with E-state index in [0.717, 1.165) is 25.7 Å². The number of hydrogen-bond acceptors (Lipinski definition) is 0. The van der Waals surface area contributed by atoms with Gasteiger partial charge in [-0.3, -0.25) is 0 Å². The zero-order chi connectivity index (χ0) is 15.5. The van der Waals surface area contributed by atoms with Crippen LogP contribution in [0.5, 0.6) is 0 Å². The molecule has 0 aromatic heterocycles. The molecule has 0 aliphatic heterocycles. The van der Waals surface area contributed by atoms with Crippen LogP contribution in [-0.2, 0) is 6.42 Å². The van der Waals surface area contributed by atoms with E-state index in [4.69, 9.17) is 9.15 Å². The molecule has 3 heteroatoms. The zero-order valence-corrected chi connectivity index (χ0v) is 12.3. The fourth-order valence-corrected chi connectivity index (χ4v) is 2.97. The molecule has 1 aliphatic rings. The molecule has 0 nitrogen and oxygen atoms in total. The van der Waals surface area contributed by atoms with Crippen molar-refractivity contribution in [3.05, 3.63) is 60.5 Å². The van der Waals surface area contributed by atoms with E-state index in [1.807, 2.05) is 6.08 Å². The van der Waals surface area contributed by atoms with Gasteiger partial charge in [0.05, 0.1) is 6.33 Å². The third-order valence-electron chi connectivity index (χ3n) is 4.21. The zero-order valence-electron chi connectivity index (χ0n) is 12.3. The van der Waals surface area contributed by atoms with Crippen molar-refractivity contribution in [1.29, 1.82) is 0 Å². The van der Waals surface area contributed by atoms with Gasteiger partial charge in [0.25, 0.3) is 0 Å². The third-order valence-corrected chi connectivity index (χ3v) is 4.21. The second kappa shape index (κ2) is 10.3. The number of halogens is 3. The van der Waals surface area contributed by atoms with E-state index in [2.05, 4.69) is 30.8 Å². The van der Waals surface area contributed by atoms with E-state index in [0.29, 0.717) is 18.2 Å². The summed E-state index contributed by atoms with van der Waals surface area (Å²) in [4.78, 5) is 0. The van der Waals surface area contributed by atoms with Gasteiger partial charge in [0, 0.05) is 9.15 Å². The van der Waals surface area contributed by atoms with E-state index < -0.39 is 0 Å². The molecule has 0 heterocycles. The van der Waals surface area contributed by atoms with E-state index in [1.54, 1.807) is 6.08 Å². The lowest BCUT2D eigenvalue weighted by Crippen LogP contribution is -2.11. The highest BCUT2D eigenvalue weighted by atomic mass is 20.0. The molecule has 0 radical (unpaired) electrons. The first kappa shape index (κ1) is 17.5. The maximum Gasteiger partial charge on any atom is 0.0829 e. The monoisotopic (exact) mass is 296 g/mol. The summed E-state index contributed by atoms with van der Waals surface area (Å²) in [7, 11) is 0. The molecule has 0 bridgehead atoms. The minimum absolute atomic E-state index is 0.452. The molecule has 0 amide bonds. The minimum atomic E-state index is 0.452. The van der Waals surface area contributed by atoms with Gasteiger partial charge in [-0.2, -0.15) is 0 Å². The van der Waals surface area contributed by atoms with Gasteiger partial charge >= 0.3 is 0 Å². The Kier molecular flexibility index (Phi) is 8.56. The molecule has 2 rings (SSSR count). The summed E-state index contributed by atoms with van der Waals surface area (Å²) >= 11 is 0. The van der Waals surface area contributed by atoms with E-state index in [-0.39, 0.29) is 0 Å². The molecule has 21 heavy (non-hydrogen) atoms. The van der Waals surface area contributed by atoms with E-state index in [1.165, 1.54) is 24.0 Å². The molecule has 116 valence electrons. The lowest BCUT2D eigenvalue weighted by atomic mass is 9.78. The first-order chi connectivity index (χ1) is 10.3. The van der Waals surface area contributed by atoms with E-state index in [9.17, 15) is 4.39 Å². The van der Waals surface area contributed by atoms with Crippen molar-refractivity contribution in [3.8, 4) is 0 Å². The quantitative estimate of drug-likeness (QED) is 0.551. The topological polar surface area (TPSA) is 0 Å². The number of allylic oxidation sites excluding steroid dienone is 2. The number of benzene rings is 1. The van der Waals surface area contributed by atoms with Crippen LogP contribution in [0.1, 0.15) is 49.1 Å². The van der Waals surface area contributed by atoms with Gasteiger partial charge in [0.2, 0.25) is 0 Å². The van der Waals surface area contributed by atoms with Crippen LogP contribution in [0.3, 0.4) is 0 Å². The Morgan fingerprint density at radius 3 is 2.19 bits per heavy atom. The van der Waals surface area contributed by atoms with Gasteiger partial charge in [-0.1, -0.05) is 36.4 Å². The first-order valence-corrected chi connectivity index (χ1v) is 7.44. The highest BCUT2D eigenvalue weighted by molar-refractivity contribution is 5.26. The summed E-state index contributed by atoms with van der Waals surface area (Å²) in [5.41, 5.74) is 2.84. The predicted molar refractivity (Wildman–Crippen MR) is 82.1 cm³/mol. The lowest BCUT2D eigenvalue weighted by molar-refractivity contribution is 0.108. The van der Waals surface area contributed by atoms with Crippen LogP contribution in [0.25, 0.3) is 0 Å². The number of aryl methyl sites for hydroxylation is 1. The first-order valence-electron chi connectivity index (χ1n) is 7.44. The Bertz CT molecular complexity index is 415. The van der Waals surface area contributed by atoms with Crippen molar-refractivity contribution in [2.24, 2.45) is 5.92 Å². The molecule has 0 N–H and O–H groups in total. The average molecular weight is 296 g/mol. The van der Waals surface area contributed by atoms with Crippen molar-refractivity contribution >= 4 is 0 Å². The number of hydrogen-bond donors (Lipinski definition) is 0. The van der Waals surface area contributed by atoms with Crippen molar-refractivity contribution in [2.45, 2.75) is 44.4 Å². The molecule has 0 unspecified atom stereocenters. The molecule has 0 spiro atoms. The van der Waals surface area contributed by atoms with Gasteiger partial charge in [-0.15, -0.1) is 6.58 Å². The Hall–Kier alpha value is -1.51. The molecule has 1 fully saturated rings. The van der Waals surface area contributed by atoms with Gasteiger partial charge in [0.15, 0.2) is 0 Å². The Labute approximate surface area is 125 Å². The van der Waals surface area contributed by atoms with Crippen LogP contribution in [0.2, 0.25) is 0 Å². The summed E-state index contributed by atoms with van der Waals surface area (Å²) in [6, 6.07) is 9.03. The second-order valence-corrected chi connectivity index (χ2v) is 5.50. The SMILES string of the molecule is C=CCCc1ccc(C2CCC(C=CF)CC2)cc1.FF. The number of rotatable bonds is 5. The van der Waals surface area contributed by atoms with Gasteiger partial charge in [-0.05, 0) is 61.5 Å². The molecule has 1 aromatic carbocycles. The minimum Gasteiger partial charge on any atom is -0.216 e. The largest absolute Gasteiger partial charge is 0.216 e. The summed E-state index contributed by atoms with van der Waals surface area (Å²) in [5, 5.41) is 0. The van der Waals surface area contributed by atoms with E-state index >= 15 is 0 Å². The van der Waals surface area contributed by atoms with Crippen molar-refractivity contribution in [1.82, 2.24) is 0 Å². The maximum atomic E-state index is 12.2. The summed E-state index contributed by atoms with van der Waals surface area (Å²) in [5.74, 6) is 1.12. The summed E-state index contributed by atoms with van der Waals surface area (Å²) in [6.07, 6.45) is 11.1. The highest BCUT2D eigenvalue weighted by Crippen LogP contribution is 2.36. The van der Waals surface area contributed by atoms with Crippen LogP contribution in [0.4, 0.5) is 13.5 Å².